The van der Waals surface area contributed by atoms with Gasteiger partial charge in [-0.2, -0.15) is 0 Å². The van der Waals surface area contributed by atoms with E-state index in [1.54, 1.807) is 0 Å². The summed E-state index contributed by atoms with van der Waals surface area (Å²) in [7, 11) is 0. The largest absolute Gasteiger partial charge is 0.310 e. The van der Waals surface area contributed by atoms with Gasteiger partial charge < -0.3 is 4.90 Å². The second-order valence-corrected chi connectivity index (χ2v) is 14.6. The second kappa shape index (κ2) is 10.8. The van der Waals surface area contributed by atoms with Crippen molar-refractivity contribution in [2.75, 3.05) is 4.90 Å². The van der Waals surface area contributed by atoms with E-state index in [1.807, 2.05) is 0 Å². The Morgan fingerprint density at radius 3 is 1.65 bits per heavy atom. The van der Waals surface area contributed by atoms with E-state index in [4.69, 9.17) is 0 Å². The fourth-order valence-electron chi connectivity index (χ4n) is 9.57. The highest BCUT2D eigenvalue weighted by Gasteiger charge is 2.53. The van der Waals surface area contributed by atoms with E-state index in [-0.39, 0.29) is 0 Å². The van der Waals surface area contributed by atoms with Crippen LogP contribution in [-0.4, -0.2) is 0 Å². The van der Waals surface area contributed by atoms with Crippen LogP contribution in [0.3, 0.4) is 0 Å². The molecule has 0 bridgehead atoms. The molecule has 0 aromatic heterocycles. The first-order valence-corrected chi connectivity index (χ1v) is 18.3. The van der Waals surface area contributed by atoms with Gasteiger partial charge in [0.15, 0.2) is 0 Å². The average molecular weight is 662 g/mol. The summed E-state index contributed by atoms with van der Waals surface area (Å²) >= 11 is 0. The molecule has 0 aliphatic heterocycles. The van der Waals surface area contributed by atoms with Crippen molar-refractivity contribution in [2.24, 2.45) is 0 Å². The van der Waals surface area contributed by atoms with Gasteiger partial charge in [0.05, 0.1) is 5.41 Å². The van der Waals surface area contributed by atoms with Crippen LogP contribution in [0.15, 0.2) is 176 Å². The third-order valence-electron chi connectivity index (χ3n) is 11.9. The maximum absolute atomic E-state index is 2.53. The lowest BCUT2D eigenvalue weighted by Gasteiger charge is -2.32. The molecule has 0 saturated heterocycles. The van der Waals surface area contributed by atoms with Crippen molar-refractivity contribution in [2.45, 2.75) is 19.3 Å². The Labute approximate surface area is 304 Å². The molecule has 52 heavy (non-hydrogen) atoms. The lowest BCUT2D eigenvalue weighted by molar-refractivity contribution is 0.803. The van der Waals surface area contributed by atoms with Crippen LogP contribution < -0.4 is 4.90 Å². The van der Waals surface area contributed by atoms with Crippen molar-refractivity contribution in [1.82, 2.24) is 0 Å². The van der Waals surface area contributed by atoms with Crippen LogP contribution in [0.1, 0.15) is 33.4 Å². The lowest BCUT2D eigenvalue weighted by atomic mass is 9.69. The van der Waals surface area contributed by atoms with Crippen molar-refractivity contribution >= 4 is 49.4 Å². The minimum Gasteiger partial charge on any atom is -0.310 e. The molecule has 0 unspecified atom stereocenters. The summed E-state index contributed by atoms with van der Waals surface area (Å²) in [4.78, 5) is 2.39. The van der Waals surface area contributed by atoms with Crippen molar-refractivity contribution < 1.29 is 0 Å². The van der Waals surface area contributed by atoms with Crippen LogP contribution >= 0.6 is 0 Å². The number of fused-ring (bicyclic) bond motifs is 16. The maximum Gasteiger partial charge on any atom is 0.0731 e. The fourth-order valence-corrected chi connectivity index (χ4v) is 9.57. The topological polar surface area (TPSA) is 3.24 Å². The molecular formula is C51H35N. The molecule has 0 N–H and O–H groups in total. The van der Waals surface area contributed by atoms with E-state index in [2.05, 4.69) is 195 Å². The summed E-state index contributed by atoms with van der Waals surface area (Å²) in [6.45, 7) is 4.38. The maximum atomic E-state index is 2.53. The zero-order valence-electron chi connectivity index (χ0n) is 29.2. The van der Waals surface area contributed by atoms with Gasteiger partial charge in [-0.15, -0.1) is 0 Å². The highest BCUT2D eigenvalue weighted by Crippen LogP contribution is 2.65. The van der Waals surface area contributed by atoms with Crippen LogP contribution in [0.25, 0.3) is 54.6 Å². The molecule has 1 nitrogen and oxygen atoms in total. The Morgan fingerprint density at radius 2 is 0.942 bits per heavy atom. The molecule has 0 amide bonds. The van der Waals surface area contributed by atoms with E-state index in [1.165, 1.54) is 88.0 Å². The smallest absolute Gasteiger partial charge is 0.0731 e. The summed E-state index contributed by atoms with van der Waals surface area (Å²) in [5, 5.41) is 7.75. The number of hydrogen-bond donors (Lipinski definition) is 0. The first kappa shape index (κ1) is 29.3. The van der Waals surface area contributed by atoms with Crippen LogP contribution in [0.5, 0.6) is 0 Å². The third-order valence-corrected chi connectivity index (χ3v) is 11.9. The van der Waals surface area contributed by atoms with Crippen LogP contribution in [-0.2, 0) is 5.41 Å². The minimum atomic E-state index is -0.459. The average Bonchev–Trinajstić information content (AvgIpc) is 3.66. The number of anilines is 3. The van der Waals surface area contributed by atoms with Gasteiger partial charge in [0, 0.05) is 17.1 Å². The number of para-hydroxylation sites is 1. The van der Waals surface area contributed by atoms with Gasteiger partial charge in [-0.1, -0.05) is 127 Å². The van der Waals surface area contributed by atoms with Crippen molar-refractivity contribution in [3.63, 3.8) is 0 Å². The zero-order chi connectivity index (χ0) is 34.6. The quantitative estimate of drug-likeness (QED) is 0.170. The van der Waals surface area contributed by atoms with Gasteiger partial charge in [-0.05, 0) is 150 Å². The number of rotatable bonds is 3. The van der Waals surface area contributed by atoms with Gasteiger partial charge in [-0.25, -0.2) is 0 Å². The Balaban J connectivity index is 1.26. The van der Waals surface area contributed by atoms with E-state index in [9.17, 15) is 0 Å². The van der Waals surface area contributed by atoms with Gasteiger partial charge in [0.25, 0.3) is 0 Å². The van der Waals surface area contributed by atoms with Crippen molar-refractivity contribution in [3.8, 4) is 22.3 Å². The van der Waals surface area contributed by atoms with Gasteiger partial charge in [0.2, 0.25) is 0 Å². The van der Waals surface area contributed by atoms with Crippen LogP contribution in [0.4, 0.5) is 17.1 Å². The molecule has 9 aromatic carbocycles. The normalized spacial score (nSPS) is 13.3. The summed E-state index contributed by atoms with van der Waals surface area (Å²) in [6, 6.07) is 66.0. The first-order chi connectivity index (χ1) is 25.6. The Hall–Kier alpha value is -6.44. The second-order valence-electron chi connectivity index (χ2n) is 14.6. The van der Waals surface area contributed by atoms with E-state index in [0.717, 1.165) is 17.1 Å². The van der Waals surface area contributed by atoms with Gasteiger partial charge in [-0.3, -0.25) is 0 Å². The molecule has 0 heterocycles. The molecule has 1 heteroatoms. The molecule has 1 spiro atoms. The number of aryl methyl sites for hydroxylation is 2. The van der Waals surface area contributed by atoms with Crippen LogP contribution in [0.2, 0.25) is 0 Å². The van der Waals surface area contributed by atoms with Crippen molar-refractivity contribution in [1.29, 1.82) is 0 Å². The Kier molecular flexibility index (Phi) is 6.08. The molecular weight excluding hydrogens is 627 g/mol. The zero-order valence-corrected chi connectivity index (χ0v) is 29.2. The molecule has 2 aliphatic carbocycles. The third kappa shape index (κ3) is 3.83. The van der Waals surface area contributed by atoms with Gasteiger partial charge in [0.1, 0.15) is 0 Å². The standard InChI is InChI=1S/C51H35N/c1-32-24-26-37(28-33(32)2)52(36-14-4-3-5-15-36)38-27-25-34-30-45-48(31-35(34)29-38)51(46-22-12-10-18-41(46)42-19-11-13-23-47(42)51)50-44-21-9-7-17-40(44)39-16-6-8-20-43(39)49(45)50/h3-31H,1-2H3. The Morgan fingerprint density at radius 1 is 0.365 bits per heavy atom. The van der Waals surface area contributed by atoms with E-state index < -0.39 is 5.41 Å². The van der Waals surface area contributed by atoms with Gasteiger partial charge >= 0.3 is 0 Å². The highest BCUT2D eigenvalue weighted by molar-refractivity contribution is 6.20. The minimum absolute atomic E-state index is 0.459. The van der Waals surface area contributed by atoms with Crippen molar-refractivity contribution in [3.05, 3.63) is 209 Å². The molecule has 0 atom stereocenters. The predicted octanol–water partition coefficient (Wildman–Crippen LogP) is 13.6. The lowest BCUT2D eigenvalue weighted by Crippen LogP contribution is -2.26. The summed E-state index contributed by atoms with van der Waals surface area (Å²) in [5.41, 5.74) is 16.4. The predicted molar refractivity (Wildman–Crippen MR) is 219 cm³/mol. The van der Waals surface area contributed by atoms with Crippen LogP contribution in [0, 0.1) is 13.8 Å². The molecule has 0 fully saturated rings. The SMILES string of the molecule is Cc1ccc(N(c2ccccc2)c2ccc3cc4c(cc3c2)C2(c3ccccc3-c3ccccc32)c2c-4c3ccccc3c3ccccc23)cc1C. The first-order valence-electron chi connectivity index (χ1n) is 18.3. The van der Waals surface area contributed by atoms with E-state index >= 15 is 0 Å². The molecule has 11 rings (SSSR count). The number of hydrogen-bond acceptors (Lipinski definition) is 1. The Bertz CT molecular complexity index is 2890. The van der Waals surface area contributed by atoms with E-state index in [0.29, 0.717) is 0 Å². The monoisotopic (exact) mass is 661 g/mol. The fraction of sp³-hybridized carbons (Fsp3) is 0.0588. The molecule has 2 aliphatic rings. The number of benzene rings is 9. The highest BCUT2D eigenvalue weighted by atomic mass is 15.1. The summed E-state index contributed by atoms with van der Waals surface area (Å²) < 4.78 is 0. The number of nitrogens with zero attached hydrogens (tertiary/aromatic N) is 1. The molecule has 0 radical (unpaired) electrons. The molecule has 9 aromatic rings. The summed E-state index contributed by atoms with van der Waals surface area (Å²) in [5.74, 6) is 0. The molecule has 0 saturated carbocycles. The summed E-state index contributed by atoms with van der Waals surface area (Å²) in [6.07, 6.45) is 0. The molecule has 244 valence electrons.